The van der Waals surface area contributed by atoms with Crippen LogP contribution >= 0.6 is 0 Å². The number of rotatable bonds is 8. The summed E-state index contributed by atoms with van der Waals surface area (Å²) >= 11 is 0. The van der Waals surface area contributed by atoms with Gasteiger partial charge >= 0.3 is 0 Å². The molecule has 0 fully saturated rings. The number of nitrogens with one attached hydrogen (secondary N) is 1. The summed E-state index contributed by atoms with van der Waals surface area (Å²) in [4.78, 5) is 12.2. The second-order valence-electron chi connectivity index (χ2n) is 6.12. The van der Waals surface area contributed by atoms with Crippen molar-refractivity contribution in [3.05, 3.63) is 53.3 Å². The third-order valence-corrected chi connectivity index (χ3v) is 5.92. The quantitative estimate of drug-likeness (QED) is 0.720. The van der Waals surface area contributed by atoms with Crippen LogP contribution in [-0.2, 0) is 16.4 Å². The molecular formula is C19H23FN2O5S. The molecule has 152 valence electrons. The number of halogens is 1. The van der Waals surface area contributed by atoms with Crippen molar-refractivity contribution in [1.29, 1.82) is 0 Å². The van der Waals surface area contributed by atoms with Crippen molar-refractivity contribution in [2.45, 2.75) is 11.3 Å². The molecule has 28 heavy (non-hydrogen) atoms. The van der Waals surface area contributed by atoms with Gasteiger partial charge in [-0.3, -0.25) is 4.79 Å². The molecule has 1 N–H and O–H groups in total. The van der Waals surface area contributed by atoms with Gasteiger partial charge in [-0.25, -0.2) is 17.1 Å². The van der Waals surface area contributed by atoms with Gasteiger partial charge in [0.25, 0.3) is 5.91 Å². The number of hydrogen-bond acceptors (Lipinski definition) is 5. The molecule has 0 saturated heterocycles. The number of hydrogen-bond donors (Lipinski definition) is 1. The number of carbonyl (C=O) groups is 1. The van der Waals surface area contributed by atoms with Crippen LogP contribution in [0.5, 0.6) is 11.5 Å². The summed E-state index contributed by atoms with van der Waals surface area (Å²) < 4.78 is 49.8. The summed E-state index contributed by atoms with van der Waals surface area (Å²) in [6, 6.07) is 8.51. The lowest BCUT2D eigenvalue weighted by Gasteiger charge is -2.13. The van der Waals surface area contributed by atoms with Gasteiger partial charge in [0, 0.05) is 20.6 Å². The molecule has 0 unspecified atom stereocenters. The van der Waals surface area contributed by atoms with Crippen LogP contribution in [0.15, 0.2) is 41.3 Å². The normalized spacial score (nSPS) is 11.4. The van der Waals surface area contributed by atoms with Crippen LogP contribution in [0.3, 0.4) is 0 Å². The summed E-state index contributed by atoms with van der Waals surface area (Å²) in [6.45, 7) is 0.235. The number of nitrogens with zero attached hydrogens (tertiary/aromatic N) is 1. The fourth-order valence-corrected chi connectivity index (χ4v) is 3.43. The van der Waals surface area contributed by atoms with Gasteiger partial charge < -0.3 is 14.8 Å². The summed E-state index contributed by atoms with van der Waals surface area (Å²) in [5.41, 5.74) is 0.567. The molecule has 0 aliphatic carbocycles. The highest BCUT2D eigenvalue weighted by molar-refractivity contribution is 7.89. The molecule has 0 aromatic heterocycles. The molecule has 0 atom stereocenters. The fourth-order valence-electron chi connectivity index (χ4n) is 2.50. The van der Waals surface area contributed by atoms with Crippen molar-refractivity contribution in [3.63, 3.8) is 0 Å². The highest BCUT2D eigenvalue weighted by Crippen LogP contribution is 2.27. The summed E-state index contributed by atoms with van der Waals surface area (Å²) in [6.07, 6.45) is 0.476. The van der Waals surface area contributed by atoms with Crippen LogP contribution in [0.25, 0.3) is 0 Å². The van der Waals surface area contributed by atoms with E-state index in [0.29, 0.717) is 17.9 Å². The van der Waals surface area contributed by atoms with E-state index >= 15 is 0 Å². The number of carbonyl (C=O) groups excluding carboxylic acids is 1. The topological polar surface area (TPSA) is 84.9 Å². The van der Waals surface area contributed by atoms with Gasteiger partial charge in [-0.15, -0.1) is 0 Å². The van der Waals surface area contributed by atoms with E-state index in [1.807, 2.05) is 6.07 Å². The lowest BCUT2D eigenvalue weighted by Crippen LogP contribution is -2.27. The zero-order chi connectivity index (χ0) is 20.9. The van der Waals surface area contributed by atoms with Gasteiger partial charge in [0.15, 0.2) is 11.5 Å². The van der Waals surface area contributed by atoms with Crippen LogP contribution in [0.2, 0.25) is 0 Å². The van der Waals surface area contributed by atoms with Crippen molar-refractivity contribution in [1.82, 2.24) is 9.62 Å². The Hall–Kier alpha value is -2.65. The first-order chi connectivity index (χ1) is 13.2. The number of ether oxygens (including phenoxy) is 2. The van der Waals surface area contributed by atoms with Crippen LogP contribution < -0.4 is 14.8 Å². The summed E-state index contributed by atoms with van der Waals surface area (Å²) in [5.74, 6) is -0.314. The Morgan fingerprint density at radius 1 is 1.07 bits per heavy atom. The molecule has 7 nitrogen and oxygen atoms in total. The molecule has 0 radical (unpaired) electrons. The van der Waals surface area contributed by atoms with E-state index in [1.54, 1.807) is 12.1 Å². The van der Waals surface area contributed by atoms with Crippen molar-refractivity contribution in [3.8, 4) is 11.5 Å². The molecule has 2 aromatic rings. The van der Waals surface area contributed by atoms with E-state index in [-0.39, 0.29) is 17.0 Å². The van der Waals surface area contributed by atoms with E-state index in [9.17, 15) is 17.6 Å². The van der Waals surface area contributed by atoms with Gasteiger partial charge in [0.2, 0.25) is 10.0 Å². The Morgan fingerprint density at radius 2 is 1.75 bits per heavy atom. The highest BCUT2D eigenvalue weighted by Gasteiger charge is 2.21. The van der Waals surface area contributed by atoms with Gasteiger partial charge in [-0.2, -0.15) is 0 Å². The monoisotopic (exact) mass is 410 g/mol. The summed E-state index contributed by atoms with van der Waals surface area (Å²) in [5, 5.41) is 2.60. The Balaban J connectivity index is 2.10. The Kier molecular flexibility index (Phi) is 6.98. The lowest BCUT2D eigenvalue weighted by molar-refractivity contribution is 0.0950. The van der Waals surface area contributed by atoms with Crippen LogP contribution in [-0.4, -0.2) is 53.5 Å². The lowest BCUT2D eigenvalue weighted by atomic mass is 10.1. The SMILES string of the molecule is COc1ccc(CCNC(=O)c2cc(S(=O)(=O)N(C)C)ccc2F)cc1OC. The minimum atomic E-state index is -3.77. The van der Waals surface area contributed by atoms with Crippen molar-refractivity contribution in [2.24, 2.45) is 0 Å². The number of methoxy groups -OCH3 is 2. The van der Waals surface area contributed by atoms with Gasteiger partial charge in [0.05, 0.1) is 24.7 Å². The molecule has 0 heterocycles. The van der Waals surface area contributed by atoms with Crippen LogP contribution in [0.4, 0.5) is 4.39 Å². The highest BCUT2D eigenvalue weighted by atomic mass is 32.2. The second-order valence-corrected chi connectivity index (χ2v) is 8.28. The van der Waals surface area contributed by atoms with Gasteiger partial charge in [-0.1, -0.05) is 6.07 Å². The minimum absolute atomic E-state index is 0.149. The zero-order valence-corrected chi connectivity index (χ0v) is 17.0. The Labute approximate surface area is 164 Å². The van der Waals surface area contributed by atoms with Gasteiger partial charge in [0.1, 0.15) is 5.82 Å². The van der Waals surface area contributed by atoms with E-state index in [4.69, 9.17) is 9.47 Å². The fraction of sp³-hybridized carbons (Fsp3) is 0.316. The Morgan fingerprint density at radius 3 is 2.36 bits per heavy atom. The molecule has 2 rings (SSSR count). The van der Waals surface area contributed by atoms with Gasteiger partial charge in [-0.05, 0) is 42.3 Å². The molecule has 0 aliphatic heterocycles. The van der Waals surface area contributed by atoms with Crippen molar-refractivity contribution in [2.75, 3.05) is 34.9 Å². The Bertz CT molecular complexity index is 961. The average molecular weight is 410 g/mol. The molecule has 0 aliphatic rings. The first kappa shape index (κ1) is 21.6. The summed E-state index contributed by atoms with van der Waals surface area (Å²) in [7, 11) is 2.03. The third-order valence-electron chi connectivity index (χ3n) is 4.11. The van der Waals surface area contributed by atoms with E-state index in [1.165, 1.54) is 28.3 Å². The van der Waals surface area contributed by atoms with Crippen LogP contribution in [0, 0.1) is 5.82 Å². The molecular weight excluding hydrogens is 387 g/mol. The van der Waals surface area contributed by atoms with Crippen molar-refractivity contribution < 1.29 is 27.1 Å². The third kappa shape index (κ3) is 4.79. The standard InChI is InChI=1S/C19H23FN2O5S/c1-22(2)28(24,25)14-6-7-16(20)15(12-14)19(23)21-10-9-13-5-8-17(26-3)18(11-13)27-4/h5-8,11-12H,9-10H2,1-4H3,(H,21,23). The molecule has 1 amide bonds. The van der Waals surface area contributed by atoms with E-state index in [2.05, 4.69) is 5.32 Å². The average Bonchev–Trinajstić information content (AvgIpc) is 2.67. The minimum Gasteiger partial charge on any atom is -0.493 e. The largest absolute Gasteiger partial charge is 0.493 e. The van der Waals surface area contributed by atoms with Crippen molar-refractivity contribution >= 4 is 15.9 Å². The molecule has 2 aromatic carbocycles. The number of sulfonamides is 1. The number of benzene rings is 2. The maximum absolute atomic E-state index is 14.0. The first-order valence-corrected chi connectivity index (χ1v) is 9.86. The maximum Gasteiger partial charge on any atom is 0.254 e. The predicted molar refractivity (Wildman–Crippen MR) is 103 cm³/mol. The smallest absolute Gasteiger partial charge is 0.254 e. The zero-order valence-electron chi connectivity index (χ0n) is 16.2. The number of amides is 1. The first-order valence-electron chi connectivity index (χ1n) is 8.42. The van der Waals surface area contributed by atoms with Crippen LogP contribution in [0.1, 0.15) is 15.9 Å². The van der Waals surface area contributed by atoms with E-state index in [0.717, 1.165) is 28.1 Å². The molecule has 9 heteroatoms. The molecule has 0 saturated carbocycles. The molecule has 0 spiro atoms. The predicted octanol–water partition coefficient (Wildman–Crippen LogP) is 2.07. The second kappa shape index (κ2) is 9.03. The molecule has 0 bridgehead atoms. The maximum atomic E-state index is 14.0. The van der Waals surface area contributed by atoms with E-state index < -0.39 is 21.7 Å².